The molecule has 3 aliphatic rings. The van der Waals surface area contributed by atoms with Gasteiger partial charge in [-0.15, -0.1) is 6.58 Å². The number of fused-ring (bicyclic) bond motifs is 2. The van der Waals surface area contributed by atoms with Crippen LogP contribution in [0.4, 0.5) is 0 Å². The molecular weight excluding hydrogens is 272 g/mol. The number of hydrogen-bond donors (Lipinski definition) is 1. The van der Waals surface area contributed by atoms with Crippen LogP contribution in [0.3, 0.4) is 0 Å². The molecule has 1 saturated carbocycles. The molecule has 0 bridgehead atoms. The third kappa shape index (κ3) is 1.93. The van der Waals surface area contributed by atoms with Crippen LogP contribution >= 0.6 is 0 Å². The van der Waals surface area contributed by atoms with Crippen molar-refractivity contribution in [1.82, 2.24) is 0 Å². The van der Waals surface area contributed by atoms with E-state index in [2.05, 4.69) is 47.3 Å². The van der Waals surface area contributed by atoms with Gasteiger partial charge in [0.25, 0.3) is 0 Å². The summed E-state index contributed by atoms with van der Waals surface area (Å²) in [6.07, 6.45) is 9.28. The predicted octanol–water partition coefficient (Wildman–Crippen LogP) is 4.63. The minimum atomic E-state index is -0.356. The quantitative estimate of drug-likeness (QED) is 0.715. The molecule has 0 aromatic heterocycles. The van der Waals surface area contributed by atoms with Gasteiger partial charge in [0.1, 0.15) is 0 Å². The molecule has 0 aromatic rings. The van der Waals surface area contributed by atoms with Gasteiger partial charge in [-0.3, -0.25) is 0 Å². The van der Waals surface area contributed by atoms with E-state index in [-0.39, 0.29) is 34.1 Å². The van der Waals surface area contributed by atoms with E-state index in [4.69, 9.17) is 4.74 Å². The van der Waals surface area contributed by atoms with Crippen LogP contribution in [0.25, 0.3) is 0 Å². The van der Waals surface area contributed by atoms with E-state index in [1.807, 2.05) is 6.08 Å². The van der Waals surface area contributed by atoms with Gasteiger partial charge < -0.3 is 9.84 Å². The average molecular weight is 304 g/mol. The number of aliphatic hydroxyl groups excluding tert-OH is 1. The Bertz CT molecular complexity index is 520. The molecule has 1 saturated heterocycles. The van der Waals surface area contributed by atoms with Crippen LogP contribution < -0.4 is 0 Å². The van der Waals surface area contributed by atoms with Crippen LogP contribution in [0.15, 0.2) is 24.3 Å². The van der Waals surface area contributed by atoms with Crippen molar-refractivity contribution in [3.05, 3.63) is 24.3 Å². The fourth-order valence-electron chi connectivity index (χ4n) is 6.06. The molecule has 2 fully saturated rings. The first-order chi connectivity index (χ1) is 10.1. The summed E-state index contributed by atoms with van der Waals surface area (Å²) in [6, 6.07) is 0. The molecule has 22 heavy (non-hydrogen) atoms. The van der Waals surface area contributed by atoms with Crippen LogP contribution in [-0.2, 0) is 4.74 Å². The van der Waals surface area contributed by atoms with Crippen LogP contribution in [0.1, 0.15) is 66.7 Å². The Balaban J connectivity index is 2.14. The predicted molar refractivity (Wildman–Crippen MR) is 90.6 cm³/mol. The summed E-state index contributed by atoms with van der Waals surface area (Å²) in [5.74, 6) is 0.254. The summed E-state index contributed by atoms with van der Waals surface area (Å²) in [7, 11) is 0. The summed E-state index contributed by atoms with van der Waals surface area (Å²) >= 11 is 0. The lowest BCUT2D eigenvalue weighted by atomic mass is 9.46. The van der Waals surface area contributed by atoms with Crippen LogP contribution in [-0.4, -0.2) is 22.4 Å². The van der Waals surface area contributed by atoms with Gasteiger partial charge in [0.2, 0.25) is 0 Å². The largest absolute Gasteiger partial charge is 0.389 e. The molecule has 3 rings (SSSR count). The first-order valence-corrected chi connectivity index (χ1v) is 8.81. The highest BCUT2D eigenvalue weighted by Gasteiger charge is 2.66. The fourth-order valence-corrected chi connectivity index (χ4v) is 6.06. The second-order valence-electron chi connectivity index (χ2n) is 9.02. The van der Waals surface area contributed by atoms with Crippen molar-refractivity contribution in [3.63, 3.8) is 0 Å². The average Bonchev–Trinajstić information content (AvgIpc) is 2.77. The standard InChI is InChI=1S/C20H32O2/c1-7-18(5)11-12-20(22-18)14(2)13-15(21)16-17(3,4)9-8-10-19(16,20)6/h7,13,15-16,21H,1,8-12H2,2-6H3/t15-,16-,18+,19-,20+/m0/s1. The van der Waals surface area contributed by atoms with Crippen molar-refractivity contribution < 1.29 is 9.84 Å². The van der Waals surface area contributed by atoms with Crippen molar-refractivity contribution in [1.29, 1.82) is 0 Å². The molecular formula is C20H32O2. The maximum Gasteiger partial charge on any atom is 0.0959 e. The molecule has 5 atom stereocenters. The molecule has 1 N–H and O–H groups in total. The van der Waals surface area contributed by atoms with Gasteiger partial charge in [-0.25, -0.2) is 0 Å². The Morgan fingerprint density at radius 3 is 2.45 bits per heavy atom. The first kappa shape index (κ1) is 16.3. The Morgan fingerprint density at radius 1 is 1.18 bits per heavy atom. The minimum absolute atomic E-state index is 0.00618. The van der Waals surface area contributed by atoms with Crippen LogP contribution in [0.2, 0.25) is 0 Å². The molecule has 1 spiro atoms. The highest BCUT2D eigenvalue weighted by molar-refractivity contribution is 5.33. The maximum absolute atomic E-state index is 10.9. The molecule has 2 nitrogen and oxygen atoms in total. The second-order valence-corrected chi connectivity index (χ2v) is 9.02. The van der Waals surface area contributed by atoms with E-state index in [1.165, 1.54) is 18.4 Å². The van der Waals surface area contributed by atoms with Crippen molar-refractivity contribution in [2.45, 2.75) is 84.0 Å². The number of rotatable bonds is 1. The summed E-state index contributed by atoms with van der Waals surface area (Å²) in [6.45, 7) is 15.3. The summed E-state index contributed by atoms with van der Waals surface area (Å²) in [4.78, 5) is 0. The Morgan fingerprint density at radius 2 is 1.86 bits per heavy atom. The van der Waals surface area contributed by atoms with Gasteiger partial charge in [-0.05, 0) is 50.5 Å². The van der Waals surface area contributed by atoms with Crippen molar-refractivity contribution in [2.24, 2.45) is 16.7 Å². The topological polar surface area (TPSA) is 29.5 Å². The zero-order chi connectivity index (χ0) is 16.4. The summed E-state index contributed by atoms with van der Waals surface area (Å²) in [5, 5.41) is 10.9. The summed E-state index contributed by atoms with van der Waals surface area (Å²) < 4.78 is 6.76. The molecule has 0 radical (unpaired) electrons. The van der Waals surface area contributed by atoms with Crippen molar-refractivity contribution in [2.75, 3.05) is 0 Å². The molecule has 1 heterocycles. The third-order valence-corrected chi connectivity index (χ3v) is 7.18. The van der Waals surface area contributed by atoms with E-state index in [0.29, 0.717) is 0 Å². The Labute approximate surface area is 135 Å². The highest BCUT2D eigenvalue weighted by atomic mass is 16.5. The zero-order valence-electron chi connectivity index (χ0n) is 14.9. The van der Waals surface area contributed by atoms with E-state index in [9.17, 15) is 5.11 Å². The van der Waals surface area contributed by atoms with Gasteiger partial charge in [0.15, 0.2) is 0 Å². The Hall–Kier alpha value is -0.600. The number of hydrogen-bond acceptors (Lipinski definition) is 2. The van der Waals surface area contributed by atoms with E-state index < -0.39 is 0 Å². The van der Waals surface area contributed by atoms with Crippen LogP contribution in [0.5, 0.6) is 0 Å². The van der Waals surface area contributed by atoms with Crippen molar-refractivity contribution in [3.8, 4) is 0 Å². The highest BCUT2D eigenvalue weighted by Crippen LogP contribution is 2.66. The minimum Gasteiger partial charge on any atom is -0.389 e. The lowest BCUT2D eigenvalue weighted by Crippen LogP contribution is -2.63. The van der Waals surface area contributed by atoms with E-state index >= 15 is 0 Å². The monoisotopic (exact) mass is 304 g/mol. The zero-order valence-corrected chi connectivity index (χ0v) is 14.9. The molecule has 0 amide bonds. The molecule has 2 heteroatoms. The maximum atomic E-state index is 10.9. The Kier molecular flexibility index (Phi) is 3.48. The molecule has 0 unspecified atom stereocenters. The lowest BCUT2D eigenvalue weighted by Gasteiger charge is -2.62. The normalized spacial score (nSPS) is 50.5. The van der Waals surface area contributed by atoms with Gasteiger partial charge in [0, 0.05) is 11.3 Å². The van der Waals surface area contributed by atoms with Gasteiger partial charge in [-0.1, -0.05) is 39.3 Å². The smallest absolute Gasteiger partial charge is 0.0959 e. The first-order valence-electron chi connectivity index (χ1n) is 8.81. The molecule has 2 aliphatic carbocycles. The van der Waals surface area contributed by atoms with Gasteiger partial charge in [0.05, 0.1) is 17.3 Å². The van der Waals surface area contributed by atoms with Gasteiger partial charge >= 0.3 is 0 Å². The van der Waals surface area contributed by atoms with Crippen LogP contribution in [0, 0.1) is 16.7 Å². The SMILES string of the molecule is C=C[C@]1(C)CC[C@@]2(O1)C(C)=C[C@H](O)[C@H]1C(C)(C)CCC[C@@]12C. The van der Waals surface area contributed by atoms with Crippen molar-refractivity contribution >= 4 is 0 Å². The number of ether oxygens (including phenoxy) is 1. The molecule has 124 valence electrons. The van der Waals surface area contributed by atoms with E-state index in [1.54, 1.807) is 0 Å². The lowest BCUT2D eigenvalue weighted by molar-refractivity contribution is -0.198. The fraction of sp³-hybridized carbons (Fsp3) is 0.800. The molecule has 0 aromatic carbocycles. The third-order valence-electron chi connectivity index (χ3n) is 7.18. The second kappa shape index (κ2) is 4.70. The molecule has 1 aliphatic heterocycles. The summed E-state index contributed by atoms with van der Waals surface area (Å²) in [5.41, 5.74) is 0.882. The van der Waals surface area contributed by atoms with Gasteiger partial charge in [-0.2, -0.15) is 0 Å². The van der Waals surface area contributed by atoms with E-state index in [0.717, 1.165) is 19.3 Å². The number of aliphatic hydroxyl groups is 1.